The molecule has 3 rings (SSSR count). The maximum absolute atomic E-state index is 6.00. The summed E-state index contributed by atoms with van der Waals surface area (Å²) in [5.74, 6) is 0.973. The fraction of sp³-hybridized carbons (Fsp3) is 0.364. The molecule has 0 amide bonds. The summed E-state index contributed by atoms with van der Waals surface area (Å²) < 4.78 is 5.33. The fourth-order valence-corrected chi connectivity index (χ4v) is 2.16. The van der Waals surface area contributed by atoms with Crippen LogP contribution in [0.2, 0.25) is 5.02 Å². The van der Waals surface area contributed by atoms with Crippen molar-refractivity contribution in [1.29, 1.82) is 0 Å². The van der Waals surface area contributed by atoms with E-state index in [9.17, 15) is 0 Å². The Hall–Kier alpha value is -1.26. The zero-order chi connectivity index (χ0) is 11.0. The highest BCUT2D eigenvalue weighted by atomic mass is 35.5. The van der Waals surface area contributed by atoms with E-state index in [1.807, 2.05) is 18.2 Å². The Morgan fingerprint density at radius 2 is 2.12 bits per heavy atom. The lowest BCUT2D eigenvalue weighted by atomic mass is 10.2. The van der Waals surface area contributed by atoms with Crippen LogP contribution in [0.25, 0.3) is 10.9 Å². The number of morpholine rings is 1. The normalized spacial score (nSPS) is 16.9. The molecule has 2 heterocycles. The number of hydrogen-bond acceptors (Lipinski definition) is 3. The van der Waals surface area contributed by atoms with Crippen LogP contribution in [0.4, 0.5) is 5.82 Å². The molecule has 4 nitrogen and oxygen atoms in total. The summed E-state index contributed by atoms with van der Waals surface area (Å²) in [4.78, 5) is 2.22. The summed E-state index contributed by atoms with van der Waals surface area (Å²) >= 11 is 6.00. The summed E-state index contributed by atoms with van der Waals surface area (Å²) in [5.41, 5.74) is 1.02. The van der Waals surface area contributed by atoms with Gasteiger partial charge in [0.05, 0.1) is 18.7 Å². The van der Waals surface area contributed by atoms with Crippen LogP contribution in [-0.4, -0.2) is 36.5 Å². The van der Waals surface area contributed by atoms with Crippen molar-refractivity contribution in [2.24, 2.45) is 0 Å². The van der Waals surface area contributed by atoms with E-state index in [1.54, 1.807) is 0 Å². The minimum absolute atomic E-state index is 0.739. The zero-order valence-corrected chi connectivity index (χ0v) is 9.50. The van der Waals surface area contributed by atoms with Gasteiger partial charge in [-0.05, 0) is 18.2 Å². The molecule has 2 aromatic rings. The van der Waals surface area contributed by atoms with Crippen molar-refractivity contribution in [2.75, 3.05) is 31.2 Å². The summed E-state index contributed by atoms with van der Waals surface area (Å²) in [5, 5.41) is 9.19. The first kappa shape index (κ1) is 9.93. The van der Waals surface area contributed by atoms with Gasteiger partial charge in [0.25, 0.3) is 0 Å². The summed E-state index contributed by atoms with van der Waals surface area (Å²) in [6.07, 6.45) is 0. The second-order valence-corrected chi connectivity index (χ2v) is 4.27. The molecule has 0 radical (unpaired) electrons. The number of nitrogens with one attached hydrogen (secondary N) is 1. The van der Waals surface area contributed by atoms with Gasteiger partial charge < -0.3 is 9.64 Å². The van der Waals surface area contributed by atoms with Crippen LogP contribution < -0.4 is 4.90 Å². The molecule has 1 saturated heterocycles. The molecular weight excluding hydrogens is 226 g/mol. The van der Waals surface area contributed by atoms with Crippen LogP contribution in [-0.2, 0) is 4.74 Å². The lowest BCUT2D eigenvalue weighted by molar-refractivity contribution is 0.122. The maximum atomic E-state index is 6.00. The van der Waals surface area contributed by atoms with E-state index in [0.717, 1.165) is 48.0 Å². The molecule has 0 saturated carbocycles. The average Bonchev–Trinajstić information content (AvgIpc) is 2.73. The Kier molecular flexibility index (Phi) is 2.46. The third kappa shape index (κ3) is 1.64. The molecule has 0 unspecified atom stereocenters. The minimum atomic E-state index is 0.739. The molecule has 1 aliphatic heterocycles. The van der Waals surface area contributed by atoms with Gasteiger partial charge in [0, 0.05) is 23.5 Å². The number of nitrogens with zero attached hydrogens (tertiary/aromatic N) is 2. The molecule has 5 heteroatoms. The van der Waals surface area contributed by atoms with Crippen molar-refractivity contribution in [2.45, 2.75) is 0 Å². The molecule has 1 N–H and O–H groups in total. The number of anilines is 1. The number of H-pyrrole nitrogens is 1. The fourth-order valence-electron chi connectivity index (χ4n) is 1.99. The Morgan fingerprint density at radius 3 is 2.94 bits per heavy atom. The Labute approximate surface area is 98.1 Å². The third-order valence-corrected chi connectivity index (χ3v) is 3.05. The highest BCUT2D eigenvalue weighted by molar-refractivity contribution is 6.31. The first-order valence-electron chi connectivity index (χ1n) is 5.31. The molecule has 0 aliphatic carbocycles. The van der Waals surface area contributed by atoms with Crippen molar-refractivity contribution >= 4 is 28.3 Å². The van der Waals surface area contributed by atoms with Gasteiger partial charge in [-0.1, -0.05) is 11.6 Å². The monoisotopic (exact) mass is 237 g/mol. The quantitative estimate of drug-likeness (QED) is 0.826. The van der Waals surface area contributed by atoms with Gasteiger partial charge in [-0.15, -0.1) is 0 Å². The van der Waals surface area contributed by atoms with E-state index in [0.29, 0.717) is 0 Å². The molecule has 1 aromatic heterocycles. The summed E-state index contributed by atoms with van der Waals surface area (Å²) in [7, 11) is 0. The van der Waals surface area contributed by atoms with Gasteiger partial charge >= 0.3 is 0 Å². The first-order chi connectivity index (χ1) is 7.84. The van der Waals surface area contributed by atoms with Crippen LogP contribution in [0.5, 0.6) is 0 Å². The molecule has 1 aliphatic rings. The van der Waals surface area contributed by atoms with E-state index in [4.69, 9.17) is 16.3 Å². The van der Waals surface area contributed by atoms with Crippen molar-refractivity contribution in [3.8, 4) is 0 Å². The van der Waals surface area contributed by atoms with Crippen molar-refractivity contribution in [3.63, 3.8) is 0 Å². The molecule has 0 bridgehead atoms. The first-order valence-corrected chi connectivity index (χ1v) is 5.69. The van der Waals surface area contributed by atoms with Crippen LogP contribution in [0.3, 0.4) is 0 Å². The second-order valence-electron chi connectivity index (χ2n) is 3.84. The van der Waals surface area contributed by atoms with E-state index in [1.165, 1.54) is 0 Å². The van der Waals surface area contributed by atoms with Crippen molar-refractivity contribution in [1.82, 2.24) is 10.2 Å². The topological polar surface area (TPSA) is 41.2 Å². The lowest BCUT2D eigenvalue weighted by Crippen LogP contribution is -2.36. The van der Waals surface area contributed by atoms with Gasteiger partial charge in [-0.2, -0.15) is 5.10 Å². The second kappa shape index (κ2) is 3.96. The Bertz CT molecular complexity index is 505. The molecule has 1 fully saturated rings. The van der Waals surface area contributed by atoms with E-state index < -0.39 is 0 Å². The number of ether oxygens (including phenoxy) is 1. The SMILES string of the molecule is Clc1ccc2[nH]nc(N3CCOCC3)c2c1. The van der Waals surface area contributed by atoms with Crippen molar-refractivity contribution < 1.29 is 4.74 Å². The molecule has 16 heavy (non-hydrogen) atoms. The third-order valence-electron chi connectivity index (χ3n) is 2.82. The van der Waals surface area contributed by atoms with Crippen LogP contribution in [0.15, 0.2) is 18.2 Å². The van der Waals surface area contributed by atoms with Crippen LogP contribution in [0.1, 0.15) is 0 Å². The summed E-state index contributed by atoms with van der Waals surface area (Å²) in [6.45, 7) is 3.28. The molecule has 0 atom stereocenters. The van der Waals surface area contributed by atoms with Gasteiger partial charge in [-0.25, -0.2) is 0 Å². The Morgan fingerprint density at radius 1 is 1.31 bits per heavy atom. The van der Waals surface area contributed by atoms with Gasteiger partial charge in [-0.3, -0.25) is 5.10 Å². The number of fused-ring (bicyclic) bond motifs is 1. The number of hydrogen-bond donors (Lipinski definition) is 1. The van der Waals surface area contributed by atoms with E-state index in [-0.39, 0.29) is 0 Å². The van der Waals surface area contributed by atoms with Gasteiger partial charge in [0.1, 0.15) is 0 Å². The number of aromatic nitrogens is 2. The number of benzene rings is 1. The smallest absolute Gasteiger partial charge is 0.158 e. The molecule has 0 spiro atoms. The van der Waals surface area contributed by atoms with E-state index in [2.05, 4.69) is 15.1 Å². The Balaban J connectivity index is 2.05. The minimum Gasteiger partial charge on any atom is -0.378 e. The van der Waals surface area contributed by atoms with E-state index >= 15 is 0 Å². The standard InChI is InChI=1S/C11H12ClN3O/c12-8-1-2-10-9(7-8)11(14-13-10)15-3-5-16-6-4-15/h1-2,7H,3-6H2,(H,13,14). The number of halogens is 1. The number of aromatic amines is 1. The van der Waals surface area contributed by atoms with Crippen molar-refractivity contribution in [3.05, 3.63) is 23.2 Å². The highest BCUT2D eigenvalue weighted by Crippen LogP contribution is 2.27. The summed E-state index contributed by atoms with van der Waals surface area (Å²) in [6, 6.07) is 5.77. The lowest BCUT2D eigenvalue weighted by Gasteiger charge is -2.26. The molecule has 1 aromatic carbocycles. The van der Waals surface area contributed by atoms with Crippen LogP contribution in [0, 0.1) is 0 Å². The average molecular weight is 238 g/mol. The largest absolute Gasteiger partial charge is 0.378 e. The maximum Gasteiger partial charge on any atom is 0.158 e. The number of rotatable bonds is 1. The van der Waals surface area contributed by atoms with Gasteiger partial charge in [0.15, 0.2) is 5.82 Å². The predicted octanol–water partition coefficient (Wildman–Crippen LogP) is 2.05. The molecular formula is C11H12ClN3O. The predicted molar refractivity (Wildman–Crippen MR) is 64.1 cm³/mol. The molecule has 84 valence electrons. The highest BCUT2D eigenvalue weighted by Gasteiger charge is 2.16. The van der Waals surface area contributed by atoms with Gasteiger partial charge in [0.2, 0.25) is 0 Å². The van der Waals surface area contributed by atoms with Crippen LogP contribution >= 0.6 is 11.6 Å². The zero-order valence-electron chi connectivity index (χ0n) is 8.74.